The minimum atomic E-state index is -0.144. The second-order valence-electron chi connectivity index (χ2n) is 4.96. The van der Waals surface area contributed by atoms with E-state index in [4.69, 9.17) is 9.47 Å². The summed E-state index contributed by atoms with van der Waals surface area (Å²) in [4.78, 5) is 12.4. The molecule has 0 spiro atoms. The number of benzene rings is 2. The molecule has 0 saturated carbocycles. The fraction of sp³-hybridized carbons (Fsp3) is 0.278. The Morgan fingerprint density at radius 2 is 1.95 bits per heavy atom. The van der Waals surface area contributed by atoms with Crippen molar-refractivity contribution in [2.45, 2.75) is 20.5 Å². The summed E-state index contributed by atoms with van der Waals surface area (Å²) in [7, 11) is 1.62. The summed E-state index contributed by atoms with van der Waals surface area (Å²) in [5.74, 6) is 0.603. The molecule has 0 atom stereocenters. The molecule has 0 radical (unpaired) electrons. The van der Waals surface area contributed by atoms with Crippen LogP contribution in [0.2, 0.25) is 0 Å². The highest BCUT2D eigenvalue weighted by atomic mass is 16.5. The number of methoxy groups -OCH3 is 1. The van der Waals surface area contributed by atoms with Crippen LogP contribution in [0.5, 0.6) is 5.75 Å². The normalized spacial score (nSPS) is 10.3. The van der Waals surface area contributed by atoms with E-state index in [-0.39, 0.29) is 5.91 Å². The van der Waals surface area contributed by atoms with Gasteiger partial charge in [-0.05, 0) is 43.7 Å². The van der Waals surface area contributed by atoms with Gasteiger partial charge in [0.15, 0.2) is 0 Å². The lowest BCUT2D eigenvalue weighted by Crippen LogP contribution is -2.13. The third kappa shape index (κ3) is 3.86. The average molecular weight is 299 g/mol. The number of aryl methyl sites for hydroxylation is 1. The van der Waals surface area contributed by atoms with Crippen LogP contribution in [0, 0.1) is 6.92 Å². The lowest BCUT2D eigenvalue weighted by molar-refractivity contribution is 0.102. The summed E-state index contributed by atoms with van der Waals surface area (Å²) in [6.45, 7) is 4.87. The van der Waals surface area contributed by atoms with Crippen molar-refractivity contribution in [1.82, 2.24) is 0 Å². The molecule has 1 amide bonds. The van der Waals surface area contributed by atoms with Crippen molar-refractivity contribution in [3.8, 4) is 5.75 Å². The highest BCUT2D eigenvalue weighted by Gasteiger charge is 2.11. The third-order valence-corrected chi connectivity index (χ3v) is 3.32. The Bertz CT molecular complexity index is 653. The predicted octanol–water partition coefficient (Wildman–Crippen LogP) is 3.79. The van der Waals surface area contributed by atoms with Crippen molar-refractivity contribution >= 4 is 11.6 Å². The van der Waals surface area contributed by atoms with Crippen LogP contribution in [0.4, 0.5) is 5.69 Å². The molecule has 0 unspecified atom stereocenters. The van der Waals surface area contributed by atoms with E-state index in [2.05, 4.69) is 5.32 Å². The SMILES string of the molecule is CCOc1ccc(C(=O)Nc2ccccc2C)cc1COC. The highest BCUT2D eigenvalue weighted by molar-refractivity contribution is 6.04. The Morgan fingerprint density at radius 1 is 1.18 bits per heavy atom. The third-order valence-electron chi connectivity index (χ3n) is 3.32. The van der Waals surface area contributed by atoms with E-state index in [1.165, 1.54) is 0 Å². The number of para-hydroxylation sites is 1. The minimum absolute atomic E-state index is 0.144. The quantitative estimate of drug-likeness (QED) is 0.882. The zero-order valence-corrected chi connectivity index (χ0v) is 13.2. The van der Waals surface area contributed by atoms with Gasteiger partial charge < -0.3 is 14.8 Å². The molecule has 0 bridgehead atoms. The van der Waals surface area contributed by atoms with E-state index >= 15 is 0 Å². The number of hydrogen-bond donors (Lipinski definition) is 1. The molecule has 4 nitrogen and oxygen atoms in total. The predicted molar refractivity (Wildman–Crippen MR) is 87.5 cm³/mol. The van der Waals surface area contributed by atoms with Gasteiger partial charge in [0.1, 0.15) is 5.75 Å². The molecule has 1 N–H and O–H groups in total. The number of ether oxygens (including phenoxy) is 2. The second-order valence-corrected chi connectivity index (χ2v) is 4.96. The molecule has 0 aliphatic heterocycles. The van der Waals surface area contributed by atoms with Crippen molar-refractivity contribution in [3.05, 3.63) is 59.2 Å². The maximum Gasteiger partial charge on any atom is 0.255 e. The Hall–Kier alpha value is -2.33. The van der Waals surface area contributed by atoms with Crippen molar-refractivity contribution in [2.75, 3.05) is 19.0 Å². The van der Waals surface area contributed by atoms with E-state index in [1.807, 2.05) is 50.2 Å². The summed E-state index contributed by atoms with van der Waals surface area (Å²) in [5, 5.41) is 2.93. The molecule has 0 aliphatic carbocycles. The van der Waals surface area contributed by atoms with Crippen molar-refractivity contribution < 1.29 is 14.3 Å². The van der Waals surface area contributed by atoms with Crippen molar-refractivity contribution in [3.63, 3.8) is 0 Å². The first-order valence-corrected chi connectivity index (χ1v) is 7.27. The molecule has 2 rings (SSSR count). The van der Waals surface area contributed by atoms with Crippen LogP contribution < -0.4 is 10.1 Å². The molecule has 2 aromatic carbocycles. The number of carbonyl (C=O) groups is 1. The van der Waals surface area contributed by atoms with E-state index in [0.717, 1.165) is 22.6 Å². The van der Waals surface area contributed by atoms with Crippen LogP contribution in [0.3, 0.4) is 0 Å². The topological polar surface area (TPSA) is 47.6 Å². The van der Waals surface area contributed by atoms with Crippen molar-refractivity contribution in [2.24, 2.45) is 0 Å². The van der Waals surface area contributed by atoms with Gasteiger partial charge >= 0.3 is 0 Å². The number of rotatable bonds is 6. The fourth-order valence-corrected chi connectivity index (χ4v) is 2.19. The molecule has 0 aromatic heterocycles. The second kappa shape index (κ2) is 7.61. The number of carbonyl (C=O) groups excluding carboxylic acids is 1. The average Bonchev–Trinajstić information content (AvgIpc) is 2.51. The van der Waals surface area contributed by atoms with Gasteiger partial charge in [-0.3, -0.25) is 4.79 Å². The summed E-state index contributed by atoms with van der Waals surface area (Å²) in [6, 6.07) is 13.1. The van der Waals surface area contributed by atoms with Gasteiger partial charge in [-0.25, -0.2) is 0 Å². The zero-order valence-electron chi connectivity index (χ0n) is 13.2. The largest absolute Gasteiger partial charge is 0.494 e. The molecule has 116 valence electrons. The molecule has 0 heterocycles. The Morgan fingerprint density at radius 3 is 2.64 bits per heavy atom. The molecular formula is C18H21NO3. The van der Waals surface area contributed by atoms with E-state index in [9.17, 15) is 4.79 Å². The van der Waals surface area contributed by atoms with Crippen LogP contribution >= 0.6 is 0 Å². The molecular weight excluding hydrogens is 278 g/mol. The standard InChI is InChI=1S/C18H21NO3/c1-4-22-17-10-9-14(11-15(17)12-21-3)18(20)19-16-8-6-5-7-13(16)2/h5-11H,4,12H2,1-3H3,(H,19,20). The molecule has 0 aliphatic rings. The number of nitrogens with one attached hydrogen (secondary N) is 1. The van der Waals surface area contributed by atoms with Gasteiger partial charge in [-0.1, -0.05) is 18.2 Å². The van der Waals surface area contributed by atoms with Gasteiger partial charge in [0.25, 0.3) is 5.91 Å². The minimum Gasteiger partial charge on any atom is -0.494 e. The monoisotopic (exact) mass is 299 g/mol. The van der Waals surface area contributed by atoms with Crippen LogP contribution in [-0.2, 0) is 11.3 Å². The van der Waals surface area contributed by atoms with E-state index < -0.39 is 0 Å². The fourth-order valence-electron chi connectivity index (χ4n) is 2.19. The van der Waals surface area contributed by atoms with Gasteiger partial charge in [-0.15, -0.1) is 0 Å². The Kier molecular flexibility index (Phi) is 5.55. The van der Waals surface area contributed by atoms with E-state index in [0.29, 0.717) is 18.8 Å². The first-order valence-electron chi connectivity index (χ1n) is 7.27. The number of hydrogen-bond acceptors (Lipinski definition) is 3. The lowest BCUT2D eigenvalue weighted by Gasteiger charge is -2.12. The number of anilines is 1. The van der Waals surface area contributed by atoms with Gasteiger partial charge in [-0.2, -0.15) is 0 Å². The first-order chi connectivity index (χ1) is 10.7. The molecule has 0 saturated heterocycles. The van der Waals surface area contributed by atoms with Gasteiger partial charge in [0.05, 0.1) is 13.2 Å². The first kappa shape index (κ1) is 16.0. The smallest absolute Gasteiger partial charge is 0.255 e. The van der Waals surface area contributed by atoms with Crippen LogP contribution in [0.25, 0.3) is 0 Å². The maximum atomic E-state index is 12.4. The van der Waals surface area contributed by atoms with Crippen LogP contribution in [0.15, 0.2) is 42.5 Å². The highest BCUT2D eigenvalue weighted by Crippen LogP contribution is 2.22. The molecule has 4 heteroatoms. The van der Waals surface area contributed by atoms with Gasteiger partial charge in [0.2, 0.25) is 0 Å². The zero-order chi connectivity index (χ0) is 15.9. The summed E-state index contributed by atoms with van der Waals surface area (Å²) in [5.41, 5.74) is 3.29. The lowest BCUT2D eigenvalue weighted by atomic mass is 10.1. The maximum absolute atomic E-state index is 12.4. The van der Waals surface area contributed by atoms with E-state index in [1.54, 1.807) is 13.2 Å². The van der Waals surface area contributed by atoms with Crippen LogP contribution in [-0.4, -0.2) is 19.6 Å². The summed E-state index contributed by atoms with van der Waals surface area (Å²) >= 11 is 0. The molecule has 22 heavy (non-hydrogen) atoms. The number of amides is 1. The Labute approximate surface area is 131 Å². The summed E-state index contributed by atoms with van der Waals surface area (Å²) in [6.07, 6.45) is 0. The van der Waals surface area contributed by atoms with Crippen molar-refractivity contribution in [1.29, 1.82) is 0 Å². The summed E-state index contributed by atoms with van der Waals surface area (Å²) < 4.78 is 10.7. The van der Waals surface area contributed by atoms with Gasteiger partial charge in [0, 0.05) is 23.9 Å². The Balaban J connectivity index is 2.22. The molecule has 0 fully saturated rings. The van der Waals surface area contributed by atoms with Crippen LogP contribution in [0.1, 0.15) is 28.4 Å². The molecule has 2 aromatic rings.